The van der Waals surface area contributed by atoms with Crippen molar-refractivity contribution in [2.75, 3.05) is 0 Å². The lowest BCUT2D eigenvalue weighted by molar-refractivity contribution is 0.00636. The van der Waals surface area contributed by atoms with Gasteiger partial charge in [-0.3, -0.25) is 0 Å². The summed E-state index contributed by atoms with van der Waals surface area (Å²) in [5.41, 5.74) is -1.69. The molecule has 21 heavy (non-hydrogen) atoms. The highest BCUT2D eigenvalue weighted by molar-refractivity contribution is 7.88. The lowest BCUT2D eigenvalue weighted by Crippen LogP contribution is -2.57. The highest BCUT2D eigenvalue weighted by atomic mass is 32.2. The second kappa shape index (κ2) is 5.75. The van der Waals surface area contributed by atoms with E-state index in [1.807, 2.05) is 0 Å². The van der Waals surface area contributed by atoms with Crippen molar-refractivity contribution in [1.82, 2.24) is 4.72 Å². The maximum atomic E-state index is 12.1. The van der Waals surface area contributed by atoms with Crippen molar-refractivity contribution in [2.45, 2.75) is 44.6 Å². The molecule has 0 saturated heterocycles. The third-order valence-electron chi connectivity index (χ3n) is 3.50. The summed E-state index contributed by atoms with van der Waals surface area (Å²) in [5.74, 6) is -1.35. The Kier molecular flexibility index (Phi) is 4.82. The number of hydrogen-bond acceptors (Lipinski definition) is 4. The van der Waals surface area contributed by atoms with Crippen LogP contribution in [0.5, 0.6) is 0 Å². The highest BCUT2D eigenvalue weighted by Crippen LogP contribution is 2.22. The molecular weight excluding hydrogens is 294 g/mol. The van der Waals surface area contributed by atoms with Gasteiger partial charge < -0.3 is 10.2 Å². The van der Waals surface area contributed by atoms with E-state index < -0.39 is 27.1 Å². The number of aliphatic hydroxyl groups is 1. The lowest BCUT2D eigenvalue weighted by Gasteiger charge is -2.37. The van der Waals surface area contributed by atoms with Crippen LogP contribution in [-0.4, -0.2) is 35.7 Å². The Bertz CT molecular complexity index is 612. The van der Waals surface area contributed by atoms with E-state index in [-0.39, 0.29) is 11.3 Å². The molecule has 1 aromatic rings. The molecule has 0 saturated carbocycles. The molecule has 6 nitrogen and oxygen atoms in total. The summed E-state index contributed by atoms with van der Waals surface area (Å²) in [6.45, 7) is 6.24. The van der Waals surface area contributed by atoms with Crippen LogP contribution in [0.25, 0.3) is 0 Å². The second-order valence-corrected chi connectivity index (χ2v) is 7.77. The fourth-order valence-electron chi connectivity index (χ4n) is 1.51. The van der Waals surface area contributed by atoms with Gasteiger partial charge in [-0.05, 0) is 45.4 Å². The van der Waals surface area contributed by atoms with Crippen LogP contribution in [0.1, 0.15) is 43.6 Å². The van der Waals surface area contributed by atoms with Crippen molar-refractivity contribution in [3.63, 3.8) is 0 Å². The molecule has 0 bridgehead atoms. The molecule has 0 heterocycles. The minimum absolute atomic E-state index is 0.0981. The number of carboxylic acids is 1. The highest BCUT2D eigenvalue weighted by Gasteiger charge is 2.38. The zero-order valence-corrected chi connectivity index (χ0v) is 13.4. The molecule has 0 fully saturated rings. The zero-order chi connectivity index (χ0) is 16.5. The Morgan fingerprint density at radius 3 is 2.00 bits per heavy atom. The molecule has 7 heteroatoms. The Morgan fingerprint density at radius 1 is 1.14 bits per heavy atom. The van der Waals surface area contributed by atoms with Crippen LogP contribution in [0.3, 0.4) is 0 Å². The maximum absolute atomic E-state index is 12.1. The average Bonchev–Trinajstić information content (AvgIpc) is 2.25. The van der Waals surface area contributed by atoms with Gasteiger partial charge in [0.2, 0.25) is 10.0 Å². The van der Waals surface area contributed by atoms with Crippen LogP contribution >= 0.6 is 0 Å². The van der Waals surface area contributed by atoms with Crippen molar-refractivity contribution < 1.29 is 23.4 Å². The molecular formula is C14H21NO5S. The van der Waals surface area contributed by atoms with Gasteiger partial charge in [0.1, 0.15) is 0 Å². The number of carboxylic acid groups (broad SMARTS) is 1. The fraction of sp³-hybridized carbons (Fsp3) is 0.500. The number of nitrogens with one attached hydrogen (secondary N) is 1. The van der Waals surface area contributed by atoms with Crippen molar-refractivity contribution in [3.8, 4) is 0 Å². The smallest absolute Gasteiger partial charge is 0.335 e. The van der Waals surface area contributed by atoms with Crippen LogP contribution in [0.4, 0.5) is 0 Å². The fourth-order valence-corrected chi connectivity index (χ4v) is 3.24. The van der Waals surface area contributed by atoms with Crippen LogP contribution in [-0.2, 0) is 15.8 Å². The molecule has 0 radical (unpaired) electrons. The standard InChI is InChI=1S/C14H21NO5S/c1-13(2,14(3,4)18)15-21(19,20)9-10-5-7-11(8-6-10)12(16)17/h5-8,15,18H,9H2,1-4H3,(H,16,17). The first kappa shape index (κ1) is 17.6. The molecule has 0 aliphatic heterocycles. The summed E-state index contributed by atoms with van der Waals surface area (Å²) in [6.07, 6.45) is 0. The topological polar surface area (TPSA) is 104 Å². The quantitative estimate of drug-likeness (QED) is 0.735. The van der Waals surface area contributed by atoms with Crippen LogP contribution in [0.15, 0.2) is 24.3 Å². The van der Waals surface area contributed by atoms with E-state index in [9.17, 15) is 18.3 Å². The second-order valence-electron chi connectivity index (χ2n) is 6.05. The molecule has 0 aliphatic carbocycles. The average molecular weight is 315 g/mol. The van der Waals surface area contributed by atoms with Crippen LogP contribution in [0.2, 0.25) is 0 Å². The van der Waals surface area contributed by atoms with Crippen LogP contribution < -0.4 is 4.72 Å². The molecule has 0 spiro atoms. The van der Waals surface area contributed by atoms with E-state index >= 15 is 0 Å². The van der Waals surface area contributed by atoms with Crippen molar-refractivity contribution in [1.29, 1.82) is 0 Å². The van der Waals surface area contributed by atoms with E-state index in [1.54, 1.807) is 13.8 Å². The van der Waals surface area contributed by atoms with Crippen molar-refractivity contribution in [3.05, 3.63) is 35.4 Å². The van der Waals surface area contributed by atoms with Gasteiger partial charge in [0.25, 0.3) is 0 Å². The molecule has 1 aromatic carbocycles. The predicted molar refractivity (Wildman–Crippen MR) is 79.5 cm³/mol. The van der Waals surface area contributed by atoms with Crippen molar-refractivity contribution in [2.24, 2.45) is 0 Å². The normalized spacial score (nSPS) is 13.2. The van der Waals surface area contributed by atoms with E-state index in [0.29, 0.717) is 5.56 Å². The summed E-state index contributed by atoms with van der Waals surface area (Å²) in [5, 5.41) is 18.8. The summed E-state index contributed by atoms with van der Waals surface area (Å²) >= 11 is 0. The van der Waals surface area contributed by atoms with Gasteiger partial charge in [-0.15, -0.1) is 0 Å². The third-order valence-corrected chi connectivity index (χ3v) is 5.03. The number of aromatic carboxylic acids is 1. The molecule has 118 valence electrons. The maximum Gasteiger partial charge on any atom is 0.335 e. The number of rotatable bonds is 6. The molecule has 3 N–H and O–H groups in total. The SMILES string of the molecule is CC(C)(O)C(C)(C)NS(=O)(=O)Cc1ccc(C(=O)O)cc1. The largest absolute Gasteiger partial charge is 0.478 e. The first-order valence-corrected chi connectivity index (χ1v) is 8.05. The number of carbonyl (C=O) groups is 1. The van der Waals surface area contributed by atoms with E-state index in [4.69, 9.17) is 5.11 Å². The van der Waals surface area contributed by atoms with Crippen LogP contribution in [0, 0.1) is 0 Å². The van der Waals surface area contributed by atoms with Gasteiger partial charge >= 0.3 is 5.97 Å². The van der Waals surface area contributed by atoms with Gasteiger partial charge in [-0.25, -0.2) is 17.9 Å². The van der Waals surface area contributed by atoms with Gasteiger partial charge in [0.15, 0.2) is 0 Å². The Morgan fingerprint density at radius 2 is 1.62 bits per heavy atom. The van der Waals surface area contributed by atoms with Gasteiger partial charge in [0.05, 0.1) is 22.5 Å². The molecule has 0 aliphatic rings. The van der Waals surface area contributed by atoms with E-state index in [0.717, 1.165) is 0 Å². The van der Waals surface area contributed by atoms with Gasteiger partial charge in [0, 0.05) is 0 Å². The minimum atomic E-state index is -3.67. The number of benzene rings is 1. The number of sulfonamides is 1. The molecule has 0 amide bonds. The Hall–Kier alpha value is -1.44. The third kappa shape index (κ3) is 4.80. The van der Waals surface area contributed by atoms with E-state index in [1.165, 1.54) is 38.1 Å². The summed E-state index contributed by atoms with van der Waals surface area (Å²) < 4.78 is 26.7. The molecule has 0 atom stereocenters. The summed E-state index contributed by atoms with van der Waals surface area (Å²) in [6, 6.07) is 5.63. The first-order chi connectivity index (χ1) is 9.34. The zero-order valence-electron chi connectivity index (χ0n) is 12.5. The Balaban J connectivity index is 2.89. The van der Waals surface area contributed by atoms with Crippen molar-refractivity contribution >= 4 is 16.0 Å². The Labute approximate surface area is 124 Å². The lowest BCUT2D eigenvalue weighted by atomic mass is 9.87. The molecule has 0 unspecified atom stereocenters. The monoisotopic (exact) mass is 315 g/mol. The summed E-state index contributed by atoms with van der Waals surface area (Å²) in [4.78, 5) is 10.7. The minimum Gasteiger partial charge on any atom is -0.478 e. The molecule has 1 rings (SSSR count). The number of hydrogen-bond donors (Lipinski definition) is 3. The predicted octanol–water partition coefficient (Wildman–Crippen LogP) is 1.35. The van der Waals surface area contributed by atoms with Gasteiger partial charge in [-0.1, -0.05) is 12.1 Å². The molecule has 0 aromatic heterocycles. The summed E-state index contributed by atoms with van der Waals surface area (Å²) in [7, 11) is -3.67. The first-order valence-electron chi connectivity index (χ1n) is 6.40. The van der Waals surface area contributed by atoms with E-state index in [2.05, 4.69) is 4.72 Å². The van der Waals surface area contributed by atoms with Gasteiger partial charge in [-0.2, -0.15) is 0 Å².